The summed E-state index contributed by atoms with van der Waals surface area (Å²) in [6, 6.07) is 18.8. The van der Waals surface area contributed by atoms with Crippen molar-refractivity contribution in [1.82, 2.24) is 10.3 Å². The van der Waals surface area contributed by atoms with Crippen LogP contribution >= 0.6 is 0 Å². The molecule has 0 saturated heterocycles. The first kappa shape index (κ1) is 33.2. The van der Waals surface area contributed by atoms with Gasteiger partial charge in [-0.25, -0.2) is 0 Å². The normalized spacial score (nSPS) is 20.7. The number of aromatic nitrogens is 1. The van der Waals surface area contributed by atoms with Gasteiger partial charge in [0.15, 0.2) is 11.5 Å². The van der Waals surface area contributed by atoms with Gasteiger partial charge in [-0.2, -0.15) is 0 Å². The molecule has 1 aliphatic carbocycles. The van der Waals surface area contributed by atoms with Gasteiger partial charge in [0.1, 0.15) is 12.7 Å². The van der Waals surface area contributed by atoms with Crippen LogP contribution in [0.25, 0.3) is 0 Å². The van der Waals surface area contributed by atoms with E-state index in [1.165, 1.54) is 20.2 Å². The Labute approximate surface area is 262 Å². The number of benzene rings is 2. The zero-order chi connectivity index (χ0) is 32.5. The third-order valence-electron chi connectivity index (χ3n) is 7.79. The summed E-state index contributed by atoms with van der Waals surface area (Å²) in [6.07, 6.45) is -0.276. The molecule has 0 unspecified atom stereocenters. The summed E-state index contributed by atoms with van der Waals surface area (Å²) in [5.41, 5.74) is 2.01. The van der Waals surface area contributed by atoms with Crippen LogP contribution in [0.3, 0.4) is 0 Å². The van der Waals surface area contributed by atoms with E-state index in [2.05, 4.69) is 10.3 Å². The average molecular weight is 615 g/mol. The van der Waals surface area contributed by atoms with Gasteiger partial charge in [-0.3, -0.25) is 29.0 Å². The van der Waals surface area contributed by atoms with E-state index in [9.17, 15) is 24.0 Å². The van der Waals surface area contributed by atoms with Crippen LogP contribution in [-0.4, -0.2) is 53.3 Å². The van der Waals surface area contributed by atoms with Crippen LogP contribution in [0.15, 0.2) is 72.9 Å². The summed E-state index contributed by atoms with van der Waals surface area (Å²) in [4.78, 5) is 71.4. The lowest BCUT2D eigenvalue weighted by molar-refractivity contribution is -0.163. The number of hydrogen-bond acceptors (Lipinski definition) is 10. The third kappa shape index (κ3) is 8.27. The van der Waals surface area contributed by atoms with Crippen molar-refractivity contribution < 1.29 is 38.2 Å². The maximum Gasteiger partial charge on any atom is 0.308 e. The molecule has 1 saturated carbocycles. The van der Waals surface area contributed by atoms with Gasteiger partial charge in [0.05, 0.1) is 36.6 Å². The van der Waals surface area contributed by atoms with Crippen molar-refractivity contribution in [2.24, 2.45) is 17.8 Å². The number of hydrogen-bond donors (Lipinski definition) is 1. The molecule has 0 spiro atoms. The molecule has 10 nitrogen and oxygen atoms in total. The summed E-state index contributed by atoms with van der Waals surface area (Å²) in [5.74, 6) is -6.13. The van der Waals surface area contributed by atoms with E-state index in [1.807, 2.05) is 36.4 Å². The van der Waals surface area contributed by atoms with Crippen LogP contribution in [0, 0.1) is 17.8 Å². The molecule has 4 atom stereocenters. The molecule has 0 radical (unpaired) electrons. The van der Waals surface area contributed by atoms with E-state index in [1.54, 1.807) is 44.2 Å². The summed E-state index contributed by atoms with van der Waals surface area (Å²) >= 11 is 0. The molecule has 1 aliphatic rings. The maximum absolute atomic E-state index is 13.7. The highest BCUT2D eigenvalue weighted by Gasteiger charge is 2.46. The monoisotopic (exact) mass is 614 g/mol. The highest BCUT2D eigenvalue weighted by molar-refractivity contribution is 6.44. The lowest BCUT2D eigenvalue weighted by Gasteiger charge is -2.29. The molecule has 3 aromatic rings. The second-order valence-corrected chi connectivity index (χ2v) is 11.4. The molecular formula is C35H38N2O8. The predicted molar refractivity (Wildman–Crippen MR) is 164 cm³/mol. The van der Waals surface area contributed by atoms with E-state index in [4.69, 9.17) is 14.2 Å². The maximum atomic E-state index is 13.7. The topological polar surface area (TPSA) is 138 Å². The van der Waals surface area contributed by atoms with Crippen LogP contribution in [0.1, 0.15) is 44.0 Å². The van der Waals surface area contributed by atoms with Gasteiger partial charge in [-0.05, 0) is 17.5 Å². The second-order valence-electron chi connectivity index (χ2n) is 11.4. The molecule has 45 heavy (non-hydrogen) atoms. The first-order chi connectivity index (χ1) is 21.6. The fourth-order valence-electron chi connectivity index (χ4n) is 5.19. The van der Waals surface area contributed by atoms with Crippen molar-refractivity contribution in [2.75, 3.05) is 7.11 Å². The number of Topliss-reactive ketones (excluding diaryl/α,β-unsaturated/α-hetero) is 4. The van der Waals surface area contributed by atoms with E-state index < -0.39 is 65.4 Å². The lowest BCUT2D eigenvalue weighted by atomic mass is 9.81. The van der Waals surface area contributed by atoms with Crippen LogP contribution in [0.2, 0.25) is 0 Å². The molecule has 10 heteroatoms. The van der Waals surface area contributed by atoms with E-state index in [0.29, 0.717) is 17.2 Å². The van der Waals surface area contributed by atoms with E-state index >= 15 is 0 Å². The Morgan fingerprint density at radius 2 is 1.56 bits per heavy atom. The zero-order valence-electron chi connectivity index (χ0n) is 25.9. The Hall–Kier alpha value is -4.70. The fourth-order valence-corrected chi connectivity index (χ4v) is 5.19. The summed E-state index contributed by atoms with van der Waals surface area (Å²) in [7, 11) is 1.49. The molecule has 1 heterocycles. The Morgan fingerprint density at radius 1 is 0.911 bits per heavy atom. The number of nitrogens with one attached hydrogen (secondary N) is 1. The van der Waals surface area contributed by atoms with Gasteiger partial charge in [-0.1, -0.05) is 81.4 Å². The first-order valence-electron chi connectivity index (χ1n) is 14.9. The number of nitrogens with zero attached hydrogens (tertiary/aromatic N) is 1. The SMILES string of the molecule is COc1ccnc(CN[C@H]2CC(=O)C(=O)[C@H](Cc3ccccc3)[C@H](OC(=O)C(C)C)[C@H](C)C(=O)C2=O)c1OCc1ccccc1. The van der Waals surface area contributed by atoms with Crippen LogP contribution in [0.4, 0.5) is 0 Å². The third-order valence-corrected chi connectivity index (χ3v) is 7.79. The Bertz CT molecular complexity index is 1520. The number of ketones is 4. The molecule has 0 amide bonds. The minimum atomic E-state index is -1.32. The molecule has 1 fully saturated rings. The van der Waals surface area contributed by atoms with E-state index in [-0.39, 0.29) is 19.6 Å². The van der Waals surface area contributed by atoms with Crippen LogP contribution in [0.5, 0.6) is 11.5 Å². The number of carbonyl (C=O) groups is 5. The average Bonchev–Trinajstić information content (AvgIpc) is 3.07. The van der Waals surface area contributed by atoms with Crippen molar-refractivity contribution in [2.45, 2.75) is 58.9 Å². The predicted octanol–water partition coefficient (Wildman–Crippen LogP) is 3.87. The Morgan fingerprint density at radius 3 is 2.18 bits per heavy atom. The first-order valence-corrected chi connectivity index (χ1v) is 14.9. The largest absolute Gasteiger partial charge is 0.493 e. The molecule has 0 bridgehead atoms. The van der Waals surface area contributed by atoms with Gasteiger partial charge in [-0.15, -0.1) is 0 Å². The quantitative estimate of drug-likeness (QED) is 0.250. The number of pyridine rings is 1. The number of carbonyl (C=O) groups excluding carboxylic acids is 5. The number of ether oxygens (including phenoxy) is 3. The molecule has 236 valence electrons. The molecule has 1 N–H and O–H groups in total. The van der Waals surface area contributed by atoms with Crippen molar-refractivity contribution in [3.05, 3.63) is 89.7 Å². The summed E-state index contributed by atoms with van der Waals surface area (Å²) < 4.78 is 17.2. The van der Waals surface area contributed by atoms with E-state index in [0.717, 1.165) is 11.1 Å². The minimum Gasteiger partial charge on any atom is -0.493 e. The van der Waals surface area contributed by atoms with Gasteiger partial charge >= 0.3 is 5.97 Å². The zero-order valence-corrected chi connectivity index (χ0v) is 25.9. The Kier molecular flexibility index (Phi) is 11.3. The Balaban J connectivity index is 1.61. The van der Waals surface area contributed by atoms with Crippen LogP contribution in [-0.2, 0) is 48.3 Å². The highest BCUT2D eigenvalue weighted by Crippen LogP contribution is 2.31. The standard InChI is InChI=1S/C35H38N2O8/c1-21(2)35(42)45-33-22(3)30(39)32(41)26(18-28(38)31(40)25(33)17-23-11-7-5-8-12-23)37-19-27-34(29(43-4)15-16-36-27)44-20-24-13-9-6-10-14-24/h5-16,21-22,25-26,33,37H,17-20H2,1-4H3/t22-,25+,26+,33-/m1/s1. The van der Waals surface area contributed by atoms with Gasteiger partial charge in [0, 0.05) is 25.2 Å². The van der Waals surface area contributed by atoms with Gasteiger partial charge in [0.2, 0.25) is 23.1 Å². The highest BCUT2D eigenvalue weighted by atomic mass is 16.5. The molecule has 0 aliphatic heterocycles. The van der Waals surface area contributed by atoms with Crippen molar-refractivity contribution in [3.8, 4) is 11.5 Å². The number of rotatable bonds is 11. The van der Waals surface area contributed by atoms with Crippen LogP contribution < -0.4 is 14.8 Å². The molecule has 2 aromatic carbocycles. The number of methoxy groups -OCH3 is 1. The molecule has 4 rings (SSSR count). The van der Waals surface area contributed by atoms with Crippen molar-refractivity contribution in [1.29, 1.82) is 0 Å². The van der Waals surface area contributed by atoms with Crippen molar-refractivity contribution >= 4 is 29.1 Å². The van der Waals surface area contributed by atoms with Gasteiger partial charge in [0.25, 0.3) is 0 Å². The van der Waals surface area contributed by atoms with Gasteiger partial charge < -0.3 is 19.5 Å². The lowest BCUT2D eigenvalue weighted by Crippen LogP contribution is -2.46. The summed E-state index contributed by atoms with van der Waals surface area (Å²) in [5, 5.41) is 2.96. The fraction of sp³-hybridized carbons (Fsp3) is 0.371. The second kappa shape index (κ2) is 15.3. The van der Waals surface area contributed by atoms with Crippen molar-refractivity contribution in [3.63, 3.8) is 0 Å². The smallest absolute Gasteiger partial charge is 0.308 e. The molecule has 1 aromatic heterocycles. The summed E-state index contributed by atoms with van der Waals surface area (Å²) in [6.45, 7) is 4.85. The number of esters is 1. The minimum absolute atomic E-state index is 0.0568. The molecular weight excluding hydrogens is 576 g/mol.